The highest BCUT2D eigenvalue weighted by atomic mass is 16.4. The number of rotatable bonds is 44. The number of phenols is 1. The molecule has 88 heavy (non-hydrogen) atoms. The molecular formula is C61H96N14O13. The summed E-state index contributed by atoms with van der Waals surface area (Å²) in [6.45, 7) is 5.58. The fourth-order valence-corrected chi connectivity index (χ4v) is 9.63. The van der Waals surface area contributed by atoms with E-state index >= 15 is 0 Å². The van der Waals surface area contributed by atoms with E-state index in [4.69, 9.17) is 22.9 Å². The lowest BCUT2D eigenvalue weighted by molar-refractivity contribution is -0.142. The number of aromatic hydroxyl groups is 1. The summed E-state index contributed by atoms with van der Waals surface area (Å²) in [5.41, 5.74) is 25.6. The number of amides is 10. The minimum Gasteiger partial charge on any atom is -0.508 e. The van der Waals surface area contributed by atoms with Gasteiger partial charge in [-0.1, -0.05) is 122 Å². The summed E-state index contributed by atoms with van der Waals surface area (Å²) < 4.78 is 0. The van der Waals surface area contributed by atoms with Crippen LogP contribution >= 0.6 is 0 Å². The van der Waals surface area contributed by atoms with E-state index < -0.39 is 133 Å². The van der Waals surface area contributed by atoms with Crippen LogP contribution in [0.4, 0.5) is 0 Å². The fourth-order valence-electron chi connectivity index (χ4n) is 9.63. The molecule has 0 aliphatic carbocycles. The lowest BCUT2D eigenvalue weighted by atomic mass is 9.96. The molecule has 3 rings (SSSR count). The van der Waals surface area contributed by atoms with Crippen molar-refractivity contribution in [3.63, 3.8) is 0 Å². The normalized spacial score (nSPS) is 14.2. The summed E-state index contributed by atoms with van der Waals surface area (Å²) in [6, 6.07) is 1.83. The Morgan fingerprint density at radius 2 is 1.11 bits per heavy atom. The Labute approximate surface area is 514 Å². The van der Waals surface area contributed by atoms with E-state index in [1.54, 1.807) is 20.0 Å². The van der Waals surface area contributed by atoms with Gasteiger partial charge in [0, 0.05) is 42.4 Å². The molecule has 0 aliphatic heterocycles. The molecule has 1 aromatic heterocycles. The fraction of sp³-hybridized carbons (Fsp3) is 0.590. The van der Waals surface area contributed by atoms with Gasteiger partial charge in [-0.15, -0.1) is 0 Å². The van der Waals surface area contributed by atoms with Crippen molar-refractivity contribution in [1.82, 2.24) is 52.8 Å². The van der Waals surface area contributed by atoms with Crippen molar-refractivity contribution in [1.29, 1.82) is 0 Å². The standard InChI is InChI=1S/C61H96N14O13/c1-5-7-8-9-10-11-12-13-14-15-16-23-50(78)70-47(32-40-34-66-44-21-18-17-20-42(40)44)55(81)68-35-51(79)67-36-52(80)74-53(37(3)6-2)59(85)75-54(43(64)28-30-63)60(86)71-45(22-19-29-62)56(82)73-48(33-49(65)77)58(84)72-46(57(83)69-38(4)61(87)88)31-39-24-26-41(76)27-25-39/h17-18,20-21,24-27,34,37-38,43,45-48,53-54,66,76H,5-16,19,22-23,28-33,35-36,62-64H2,1-4H3,(H2,65,77)(H,67,79)(H,68,81)(H,69,83)(H,70,78)(H,71,86)(H,72,84)(H,73,82)(H,74,80)(H,75,85)(H,87,88)/t37-,38-,43?,45-,46-,47-,48-,53-,54-/m0/s1. The molecule has 2 aromatic carbocycles. The SMILES string of the molecule is CCCCCCCCCCCCCC(=O)N[C@@H](Cc1c[nH]c2ccccc12)C(=O)NCC(=O)NCC(=O)N[C@H](C(=O)N[C@H](C(=O)N[C@@H](CCCN)C(=O)N[C@@H](CC(N)=O)C(=O)N[C@@H](Cc1ccc(O)cc1)C(=O)N[C@@H](C)C(=O)O)C(N)CCN)[C@@H](C)CC. The number of nitrogens with one attached hydrogen (secondary N) is 10. The number of H-pyrrole nitrogens is 1. The summed E-state index contributed by atoms with van der Waals surface area (Å²) in [4.78, 5) is 150. The molecule has 1 unspecified atom stereocenters. The average molecular weight is 1230 g/mol. The number of nitrogens with two attached hydrogens (primary N) is 4. The molecule has 20 N–H and O–H groups in total. The van der Waals surface area contributed by atoms with Gasteiger partial charge >= 0.3 is 5.97 Å². The predicted octanol–water partition coefficient (Wildman–Crippen LogP) is 0.427. The number of fused-ring (bicyclic) bond motifs is 1. The largest absolute Gasteiger partial charge is 0.508 e. The van der Waals surface area contributed by atoms with Crippen molar-refractivity contribution in [2.24, 2.45) is 28.9 Å². The molecule has 0 aliphatic rings. The summed E-state index contributed by atoms with van der Waals surface area (Å²) in [6.07, 6.45) is 13.7. The first-order valence-corrected chi connectivity index (χ1v) is 30.7. The number of carboxylic acid groups (broad SMARTS) is 1. The highest BCUT2D eigenvalue weighted by molar-refractivity contribution is 5.99. The molecule has 1 heterocycles. The number of aromatic nitrogens is 1. The summed E-state index contributed by atoms with van der Waals surface area (Å²) in [5, 5.41) is 42.7. The average Bonchev–Trinajstić information content (AvgIpc) is 4.15. The zero-order chi connectivity index (χ0) is 65.1. The number of aliphatic carboxylic acids is 1. The van der Waals surface area contributed by atoms with Gasteiger partial charge in [0.2, 0.25) is 59.1 Å². The first-order chi connectivity index (χ1) is 42.0. The van der Waals surface area contributed by atoms with Crippen LogP contribution in [0.1, 0.15) is 148 Å². The minimum atomic E-state index is -1.76. The molecule has 10 amide bonds. The second kappa shape index (κ2) is 40.3. The number of hydrogen-bond acceptors (Lipinski definition) is 15. The zero-order valence-electron chi connectivity index (χ0n) is 51.4. The van der Waals surface area contributed by atoms with E-state index in [1.807, 2.05) is 24.3 Å². The van der Waals surface area contributed by atoms with E-state index in [0.29, 0.717) is 18.4 Å². The van der Waals surface area contributed by atoms with Gasteiger partial charge in [-0.3, -0.25) is 52.7 Å². The third kappa shape index (κ3) is 27.3. The number of phenolic OH excluding ortho intramolecular Hbond substituents is 1. The van der Waals surface area contributed by atoms with Crippen LogP contribution in [0.2, 0.25) is 0 Å². The lowest BCUT2D eigenvalue weighted by Gasteiger charge is -2.30. The monoisotopic (exact) mass is 1230 g/mol. The highest BCUT2D eigenvalue weighted by Gasteiger charge is 2.36. The third-order valence-corrected chi connectivity index (χ3v) is 15.1. The summed E-state index contributed by atoms with van der Waals surface area (Å²) in [5.74, 6) is -10.5. The van der Waals surface area contributed by atoms with Crippen molar-refractivity contribution in [3.05, 3.63) is 65.9 Å². The smallest absolute Gasteiger partial charge is 0.325 e. The predicted molar refractivity (Wildman–Crippen MR) is 331 cm³/mol. The van der Waals surface area contributed by atoms with Crippen LogP contribution in [0.3, 0.4) is 0 Å². The number of aromatic amines is 1. The first kappa shape index (κ1) is 74.1. The molecule has 9 atom stereocenters. The number of para-hydroxylation sites is 1. The molecule has 0 saturated heterocycles. The van der Waals surface area contributed by atoms with Gasteiger partial charge in [-0.25, -0.2) is 0 Å². The van der Waals surface area contributed by atoms with Crippen molar-refractivity contribution >= 4 is 75.9 Å². The molecular weight excluding hydrogens is 1140 g/mol. The van der Waals surface area contributed by atoms with Crippen molar-refractivity contribution in [2.75, 3.05) is 26.2 Å². The molecule has 0 bridgehead atoms. The van der Waals surface area contributed by atoms with Crippen LogP contribution in [-0.4, -0.2) is 155 Å². The number of primary amides is 1. The summed E-state index contributed by atoms with van der Waals surface area (Å²) in [7, 11) is 0. The molecule has 0 fully saturated rings. The van der Waals surface area contributed by atoms with Crippen molar-refractivity contribution < 1.29 is 63.0 Å². The van der Waals surface area contributed by atoms with Crippen LogP contribution in [-0.2, 0) is 65.6 Å². The number of carbonyl (C=O) groups excluding carboxylic acids is 10. The van der Waals surface area contributed by atoms with Gasteiger partial charge in [0.25, 0.3) is 0 Å². The molecule has 0 radical (unpaired) electrons. The van der Waals surface area contributed by atoms with E-state index in [9.17, 15) is 63.0 Å². The van der Waals surface area contributed by atoms with Gasteiger partial charge < -0.3 is 86.0 Å². The molecule has 0 saturated carbocycles. The quantitative estimate of drug-likeness (QED) is 0.0341. The maximum atomic E-state index is 14.2. The Morgan fingerprint density at radius 3 is 1.73 bits per heavy atom. The van der Waals surface area contributed by atoms with Gasteiger partial charge in [-0.05, 0) is 80.9 Å². The first-order valence-electron chi connectivity index (χ1n) is 30.7. The Morgan fingerprint density at radius 1 is 0.545 bits per heavy atom. The number of benzene rings is 2. The molecule has 27 heteroatoms. The van der Waals surface area contributed by atoms with Gasteiger partial charge in [0.05, 0.1) is 19.5 Å². The Balaban J connectivity index is 1.69. The van der Waals surface area contributed by atoms with Crippen LogP contribution in [0.25, 0.3) is 10.9 Å². The number of carbonyl (C=O) groups is 11. The number of carboxylic acids is 1. The molecule has 27 nitrogen and oxygen atoms in total. The highest BCUT2D eigenvalue weighted by Crippen LogP contribution is 2.20. The second-order valence-electron chi connectivity index (χ2n) is 22.3. The Kier molecular flexibility index (Phi) is 33.9. The van der Waals surface area contributed by atoms with Gasteiger partial charge in [0.15, 0.2) is 0 Å². The third-order valence-electron chi connectivity index (χ3n) is 15.1. The molecule has 3 aromatic rings. The van der Waals surface area contributed by atoms with Gasteiger partial charge in [0.1, 0.15) is 48.0 Å². The van der Waals surface area contributed by atoms with E-state index in [-0.39, 0.29) is 63.3 Å². The number of hydrogen-bond donors (Lipinski definition) is 16. The maximum absolute atomic E-state index is 14.2. The lowest BCUT2D eigenvalue weighted by Crippen LogP contribution is -2.63. The Bertz CT molecular complexity index is 2740. The maximum Gasteiger partial charge on any atom is 0.325 e. The topological polar surface area (TPSA) is 456 Å². The second-order valence-corrected chi connectivity index (χ2v) is 22.3. The van der Waals surface area contributed by atoms with E-state index in [2.05, 4.69) is 59.8 Å². The summed E-state index contributed by atoms with van der Waals surface area (Å²) >= 11 is 0. The van der Waals surface area contributed by atoms with E-state index in [1.165, 1.54) is 69.7 Å². The van der Waals surface area contributed by atoms with Crippen molar-refractivity contribution in [2.45, 2.75) is 198 Å². The molecule has 488 valence electrons. The number of unbranched alkanes of at least 4 members (excludes halogenated alkanes) is 10. The zero-order valence-corrected chi connectivity index (χ0v) is 51.4. The van der Waals surface area contributed by atoms with Crippen LogP contribution in [0.5, 0.6) is 5.75 Å². The van der Waals surface area contributed by atoms with Crippen molar-refractivity contribution in [3.8, 4) is 5.75 Å². The van der Waals surface area contributed by atoms with E-state index in [0.717, 1.165) is 42.1 Å². The van der Waals surface area contributed by atoms with Gasteiger partial charge in [-0.2, -0.15) is 0 Å². The Hall–Kier alpha value is -8.17. The van der Waals surface area contributed by atoms with Crippen LogP contribution in [0.15, 0.2) is 54.7 Å². The van der Waals surface area contributed by atoms with Crippen LogP contribution < -0.4 is 70.8 Å². The molecule has 0 spiro atoms. The van der Waals surface area contributed by atoms with Crippen LogP contribution in [0, 0.1) is 5.92 Å². The minimum absolute atomic E-state index is 0.0259.